The first kappa shape index (κ1) is 15.8. The van der Waals surface area contributed by atoms with Gasteiger partial charge in [0.05, 0.1) is 4.34 Å². The molecule has 0 radical (unpaired) electrons. The molecule has 2 unspecified atom stereocenters. The topological polar surface area (TPSA) is 35.2 Å². The largest absolute Gasteiger partial charge is 0.483 e. The van der Waals surface area contributed by atoms with E-state index in [0.29, 0.717) is 0 Å². The number of rotatable bonds is 5. The van der Waals surface area contributed by atoms with Crippen LogP contribution in [0.25, 0.3) is 0 Å². The van der Waals surface area contributed by atoms with Crippen molar-refractivity contribution in [2.45, 2.75) is 32.4 Å². The van der Waals surface area contributed by atoms with Crippen LogP contribution in [0.1, 0.15) is 29.9 Å². The molecule has 0 spiro atoms. The molecule has 0 aliphatic carbocycles. The summed E-state index contributed by atoms with van der Waals surface area (Å²) in [6.45, 7) is 4.09. The van der Waals surface area contributed by atoms with Crippen LogP contribution in [0, 0.1) is 6.92 Å². The summed E-state index contributed by atoms with van der Waals surface area (Å²) >= 11 is 11.0. The minimum atomic E-state index is -0.168. The Labute approximate surface area is 137 Å². The third kappa shape index (κ3) is 3.76. The Morgan fingerprint density at radius 2 is 2.10 bits per heavy atom. The minimum absolute atomic E-state index is 0.0614. The van der Waals surface area contributed by atoms with Crippen molar-refractivity contribution in [1.29, 1.82) is 0 Å². The molecule has 2 aromatic rings. The molecule has 0 aliphatic heterocycles. The summed E-state index contributed by atoms with van der Waals surface area (Å²) in [5, 5.41) is 0. The first-order valence-corrected chi connectivity index (χ1v) is 8.43. The molecule has 2 N–H and O–H groups in total. The van der Waals surface area contributed by atoms with E-state index in [1.54, 1.807) is 0 Å². The van der Waals surface area contributed by atoms with Gasteiger partial charge in [0.1, 0.15) is 11.9 Å². The predicted molar refractivity (Wildman–Crippen MR) is 89.8 cm³/mol. The van der Waals surface area contributed by atoms with E-state index < -0.39 is 0 Å². The zero-order chi connectivity index (χ0) is 14.7. The second-order valence-corrected chi connectivity index (χ2v) is 7.26. The molecule has 0 aliphatic rings. The lowest BCUT2D eigenvalue weighted by Crippen LogP contribution is -2.30. The van der Waals surface area contributed by atoms with Crippen molar-refractivity contribution in [2.75, 3.05) is 0 Å². The number of ether oxygens (including phenoxy) is 1. The highest BCUT2D eigenvalue weighted by molar-refractivity contribution is 9.10. The number of hydrogen-bond donors (Lipinski definition) is 1. The van der Waals surface area contributed by atoms with E-state index in [0.717, 1.165) is 31.4 Å². The fourth-order valence-electron chi connectivity index (χ4n) is 1.89. The lowest BCUT2D eigenvalue weighted by molar-refractivity contribution is 0.174. The van der Waals surface area contributed by atoms with Crippen LogP contribution in [0.4, 0.5) is 0 Å². The van der Waals surface area contributed by atoms with Crippen LogP contribution in [-0.4, -0.2) is 6.04 Å². The second-order valence-electron chi connectivity index (χ2n) is 4.66. The average Bonchev–Trinajstić information content (AvgIpc) is 2.85. The smallest absolute Gasteiger partial charge is 0.148 e. The van der Waals surface area contributed by atoms with Crippen molar-refractivity contribution >= 4 is 38.9 Å². The predicted octanol–water partition coefficient (Wildman–Crippen LogP) is 5.33. The van der Waals surface area contributed by atoms with Gasteiger partial charge in [0.25, 0.3) is 0 Å². The van der Waals surface area contributed by atoms with Gasteiger partial charge in [0.2, 0.25) is 0 Å². The Morgan fingerprint density at radius 1 is 1.35 bits per heavy atom. The molecule has 0 fully saturated rings. The second kappa shape index (κ2) is 6.94. The normalized spacial score (nSPS) is 14.1. The fraction of sp³-hybridized carbons (Fsp3) is 0.333. The number of hydrogen-bond acceptors (Lipinski definition) is 3. The lowest BCUT2D eigenvalue weighted by Gasteiger charge is -2.23. The van der Waals surface area contributed by atoms with Crippen molar-refractivity contribution in [2.24, 2.45) is 5.73 Å². The molecule has 108 valence electrons. The SMILES string of the molecule is CCC(N)C(Oc1ccc(Br)c(C)c1)c1ccc(Cl)s1. The summed E-state index contributed by atoms with van der Waals surface area (Å²) in [5.41, 5.74) is 7.34. The van der Waals surface area contributed by atoms with Gasteiger partial charge in [-0.1, -0.05) is 34.5 Å². The molecule has 0 saturated carbocycles. The maximum Gasteiger partial charge on any atom is 0.148 e. The van der Waals surface area contributed by atoms with Gasteiger partial charge >= 0.3 is 0 Å². The highest BCUT2D eigenvalue weighted by atomic mass is 79.9. The lowest BCUT2D eigenvalue weighted by atomic mass is 10.1. The molecule has 2 rings (SSSR count). The van der Waals surface area contributed by atoms with Crippen LogP contribution in [-0.2, 0) is 0 Å². The van der Waals surface area contributed by atoms with Gasteiger partial charge in [-0.25, -0.2) is 0 Å². The Morgan fingerprint density at radius 3 is 2.65 bits per heavy atom. The third-order valence-corrected chi connectivity index (χ3v) is 5.31. The molecule has 5 heteroatoms. The summed E-state index contributed by atoms with van der Waals surface area (Å²) in [4.78, 5) is 1.06. The van der Waals surface area contributed by atoms with E-state index in [-0.39, 0.29) is 12.1 Å². The summed E-state index contributed by atoms with van der Waals surface area (Å²) < 4.78 is 7.93. The molecule has 1 aromatic heterocycles. The Bertz CT molecular complexity index is 587. The monoisotopic (exact) mass is 373 g/mol. The summed E-state index contributed by atoms with van der Waals surface area (Å²) in [7, 11) is 0. The van der Waals surface area contributed by atoms with Gasteiger partial charge in [-0.15, -0.1) is 11.3 Å². The number of halogens is 2. The van der Waals surface area contributed by atoms with E-state index in [1.807, 2.05) is 37.3 Å². The quantitative estimate of drug-likeness (QED) is 0.767. The van der Waals surface area contributed by atoms with Crippen LogP contribution >= 0.6 is 38.9 Å². The summed E-state index contributed by atoms with van der Waals surface area (Å²) in [6, 6.07) is 9.75. The van der Waals surface area contributed by atoms with Gasteiger partial charge in [0.15, 0.2) is 0 Å². The van der Waals surface area contributed by atoms with Crippen LogP contribution in [0.5, 0.6) is 5.75 Å². The third-order valence-electron chi connectivity index (χ3n) is 3.13. The summed E-state index contributed by atoms with van der Waals surface area (Å²) in [6.07, 6.45) is 0.675. The van der Waals surface area contributed by atoms with Crippen LogP contribution in [0.15, 0.2) is 34.8 Å². The van der Waals surface area contributed by atoms with E-state index in [1.165, 1.54) is 11.3 Å². The molecule has 2 nitrogen and oxygen atoms in total. The highest BCUT2D eigenvalue weighted by Gasteiger charge is 2.22. The van der Waals surface area contributed by atoms with Crippen molar-refractivity contribution < 1.29 is 4.74 Å². The molecule has 20 heavy (non-hydrogen) atoms. The molecule has 0 saturated heterocycles. The fourth-order valence-corrected chi connectivity index (χ4v) is 3.30. The van der Waals surface area contributed by atoms with Gasteiger partial charge < -0.3 is 10.5 Å². The Hall–Kier alpha value is -0.550. The van der Waals surface area contributed by atoms with E-state index in [4.69, 9.17) is 22.1 Å². The Kier molecular flexibility index (Phi) is 5.49. The molecule has 0 bridgehead atoms. The van der Waals surface area contributed by atoms with E-state index in [9.17, 15) is 0 Å². The highest BCUT2D eigenvalue weighted by Crippen LogP contribution is 2.33. The first-order valence-electron chi connectivity index (χ1n) is 6.45. The van der Waals surface area contributed by atoms with Crippen molar-refractivity contribution in [3.63, 3.8) is 0 Å². The van der Waals surface area contributed by atoms with Crippen LogP contribution in [0.2, 0.25) is 4.34 Å². The van der Waals surface area contributed by atoms with E-state index >= 15 is 0 Å². The van der Waals surface area contributed by atoms with Gasteiger partial charge in [0, 0.05) is 15.4 Å². The molecule has 2 atom stereocenters. The standard InChI is InChI=1S/C15H17BrClNOS/c1-3-12(18)15(13-6-7-14(17)20-13)19-10-4-5-11(16)9(2)8-10/h4-8,12,15H,3,18H2,1-2H3. The van der Waals surface area contributed by atoms with Crippen LogP contribution in [0.3, 0.4) is 0 Å². The van der Waals surface area contributed by atoms with Gasteiger partial charge in [-0.2, -0.15) is 0 Å². The molecule has 1 heterocycles. The molecule has 1 aromatic carbocycles. The number of benzene rings is 1. The molecular weight excluding hydrogens is 358 g/mol. The number of nitrogens with two attached hydrogens (primary N) is 1. The average molecular weight is 375 g/mol. The minimum Gasteiger partial charge on any atom is -0.483 e. The van der Waals surface area contributed by atoms with Gasteiger partial charge in [-0.3, -0.25) is 0 Å². The zero-order valence-corrected chi connectivity index (χ0v) is 14.6. The summed E-state index contributed by atoms with van der Waals surface area (Å²) in [5.74, 6) is 0.823. The number of thiophene rings is 1. The van der Waals surface area contributed by atoms with Crippen molar-refractivity contribution in [3.05, 3.63) is 49.6 Å². The first-order chi connectivity index (χ1) is 9.51. The maximum atomic E-state index is 6.20. The van der Waals surface area contributed by atoms with E-state index in [2.05, 4.69) is 22.9 Å². The molecular formula is C15H17BrClNOS. The zero-order valence-electron chi connectivity index (χ0n) is 11.4. The molecule has 0 amide bonds. The number of aryl methyl sites for hydroxylation is 1. The van der Waals surface area contributed by atoms with Crippen molar-refractivity contribution in [1.82, 2.24) is 0 Å². The Balaban J connectivity index is 2.25. The van der Waals surface area contributed by atoms with Gasteiger partial charge in [-0.05, 0) is 49.2 Å². The maximum absolute atomic E-state index is 6.20. The van der Waals surface area contributed by atoms with Crippen LogP contribution < -0.4 is 10.5 Å². The van der Waals surface area contributed by atoms with Crippen molar-refractivity contribution in [3.8, 4) is 5.75 Å².